The van der Waals surface area contributed by atoms with Gasteiger partial charge < -0.3 is 36.1 Å². The van der Waals surface area contributed by atoms with Crippen LogP contribution in [0.3, 0.4) is 0 Å². The third kappa shape index (κ3) is 8.99. The standard InChI is InChI=1S/C23H31N5O7/c1-13(20(32)26-11-18(29)25-12-19(30)31)27-21(33)17(28-22(34)35-23(2,3)4)9-14-10-24-16-8-6-5-7-15(14)16/h5-8,10,13,17,24H,9,11-12H2,1-4H3,(H,25,29)(H,26,32)(H,27,33)(H,28,34)(H,30,31)/t13-,17+/m0/s1. The minimum atomic E-state index is -1.22. The molecule has 0 aliphatic heterocycles. The first-order valence-electron chi connectivity index (χ1n) is 11.0. The van der Waals surface area contributed by atoms with Gasteiger partial charge in [-0.05, 0) is 39.3 Å². The summed E-state index contributed by atoms with van der Waals surface area (Å²) in [5, 5.41) is 19.0. The Morgan fingerprint density at radius 3 is 2.34 bits per heavy atom. The molecule has 4 amide bonds. The molecule has 0 aliphatic rings. The monoisotopic (exact) mass is 489 g/mol. The number of carbonyl (C=O) groups is 5. The maximum absolute atomic E-state index is 13.0. The predicted molar refractivity (Wildman–Crippen MR) is 126 cm³/mol. The lowest BCUT2D eigenvalue weighted by Gasteiger charge is -2.24. The second-order valence-corrected chi connectivity index (χ2v) is 8.88. The molecular formula is C23H31N5O7. The summed E-state index contributed by atoms with van der Waals surface area (Å²) < 4.78 is 5.28. The van der Waals surface area contributed by atoms with E-state index in [1.54, 1.807) is 27.0 Å². The van der Waals surface area contributed by atoms with Crippen molar-refractivity contribution in [2.75, 3.05) is 13.1 Å². The molecule has 2 atom stereocenters. The van der Waals surface area contributed by atoms with Crippen LogP contribution in [0.2, 0.25) is 0 Å². The van der Waals surface area contributed by atoms with E-state index in [0.29, 0.717) is 0 Å². The highest BCUT2D eigenvalue weighted by Crippen LogP contribution is 2.19. The van der Waals surface area contributed by atoms with Gasteiger partial charge in [0.05, 0.1) is 6.54 Å². The SMILES string of the molecule is C[C@H](NC(=O)[C@@H](Cc1c[nH]c2ccccc12)NC(=O)OC(C)(C)C)C(=O)NCC(=O)NCC(=O)O. The number of hydrogen-bond acceptors (Lipinski definition) is 6. The third-order valence-corrected chi connectivity index (χ3v) is 4.72. The Morgan fingerprint density at radius 1 is 1.00 bits per heavy atom. The summed E-state index contributed by atoms with van der Waals surface area (Å²) in [6.07, 6.45) is 1.08. The maximum Gasteiger partial charge on any atom is 0.408 e. The first kappa shape index (κ1) is 27.2. The number of aliphatic carboxylic acids is 1. The van der Waals surface area contributed by atoms with Crippen molar-refractivity contribution in [2.24, 2.45) is 0 Å². The fourth-order valence-corrected chi connectivity index (χ4v) is 3.12. The Balaban J connectivity index is 2.06. The lowest BCUT2D eigenvalue weighted by molar-refractivity contribution is -0.138. The summed E-state index contributed by atoms with van der Waals surface area (Å²) in [6, 6.07) is 5.39. The molecule has 12 heteroatoms. The molecule has 0 saturated carbocycles. The zero-order chi connectivity index (χ0) is 26.2. The largest absolute Gasteiger partial charge is 0.480 e. The lowest BCUT2D eigenvalue weighted by atomic mass is 10.0. The summed E-state index contributed by atoms with van der Waals surface area (Å²) in [5.41, 5.74) is 0.872. The van der Waals surface area contributed by atoms with E-state index in [1.807, 2.05) is 24.3 Å². The van der Waals surface area contributed by atoms with Gasteiger partial charge in [-0.3, -0.25) is 19.2 Å². The zero-order valence-electron chi connectivity index (χ0n) is 20.1. The summed E-state index contributed by atoms with van der Waals surface area (Å²) in [7, 11) is 0. The molecule has 0 radical (unpaired) electrons. The van der Waals surface area contributed by atoms with Gasteiger partial charge in [0.2, 0.25) is 17.7 Å². The minimum Gasteiger partial charge on any atom is -0.480 e. The molecule has 0 saturated heterocycles. The number of fused-ring (bicyclic) bond motifs is 1. The molecular weight excluding hydrogens is 458 g/mol. The van der Waals surface area contributed by atoms with Crippen LogP contribution in [0.4, 0.5) is 4.79 Å². The van der Waals surface area contributed by atoms with Crippen molar-refractivity contribution in [3.05, 3.63) is 36.0 Å². The van der Waals surface area contributed by atoms with Crippen molar-refractivity contribution in [2.45, 2.75) is 51.8 Å². The molecule has 0 aliphatic carbocycles. The Bertz CT molecular complexity index is 1090. The smallest absolute Gasteiger partial charge is 0.408 e. The number of alkyl carbamates (subject to hydrolysis) is 1. The highest BCUT2D eigenvalue weighted by atomic mass is 16.6. The maximum atomic E-state index is 13.0. The number of hydrogen-bond donors (Lipinski definition) is 6. The number of carbonyl (C=O) groups excluding carboxylic acids is 4. The van der Waals surface area contributed by atoms with E-state index < -0.39 is 60.6 Å². The van der Waals surface area contributed by atoms with Crippen molar-refractivity contribution in [3.8, 4) is 0 Å². The van der Waals surface area contributed by atoms with Gasteiger partial charge in [0.15, 0.2) is 0 Å². The quantitative estimate of drug-likeness (QED) is 0.280. The lowest BCUT2D eigenvalue weighted by Crippen LogP contribution is -2.54. The average molecular weight is 490 g/mol. The van der Waals surface area contributed by atoms with Gasteiger partial charge in [-0.15, -0.1) is 0 Å². The summed E-state index contributed by atoms with van der Waals surface area (Å²) in [6.45, 7) is 5.47. The highest BCUT2D eigenvalue weighted by Gasteiger charge is 2.28. The van der Waals surface area contributed by atoms with Crippen molar-refractivity contribution in [1.82, 2.24) is 26.3 Å². The first-order valence-corrected chi connectivity index (χ1v) is 11.0. The van der Waals surface area contributed by atoms with Gasteiger partial charge in [-0.1, -0.05) is 18.2 Å². The van der Waals surface area contributed by atoms with E-state index >= 15 is 0 Å². The van der Waals surface area contributed by atoms with Gasteiger partial charge in [0.25, 0.3) is 0 Å². The Hall–Kier alpha value is -4.09. The molecule has 190 valence electrons. The van der Waals surface area contributed by atoms with E-state index in [4.69, 9.17) is 9.84 Å². The normalized spacial score (nSPS) is 12.8. The Kier molecular flexibility index (Phi) is 9.20. The number of amides is 4. The Labute approximate surface area is 202 Å². The number of benzene rings is 1. The second-order valence-electron chi connectivity index (χ2n) is 8.88. The average Bonchev–Trinajstić information content (AvgIpc) is 3.17. The van der Waals surface area contributed by atoms with Crippen LogP contribution in [0, 0.1) is 0 Å². The van der Waals surface area contributed by atoms with E-state index in [0.717, 1.165) is 16.5 Å². The number of nitrogens with one attached hydrogen (secondary N) is 5. The van der Waals surface area contributed by atoms with Crippen molar-refractivity contribution < 1.29 is 33.8 Å². The van der Waals surface area contributed by atoms with Crippen LogP contribution in [0.15, 0.2) is 30.5 Å². The fraction of sp³-hybridized carbons (Fsp3) is 0.435. The summed E-state index contributed by atoms with van der Waals surface area (Å²) in [5.74, 6) is -3.20. The van der Waals surface area contributed by atoms with Crippen molar-refractivity contribution in [1.29, 1.82) is 0 Å². The van der Waals surface area contributed by atoms with Gasteiger partial charge in [-0.25, -0.2) is 4.79 Å². The van der Waals surface area contributed by atoms with Crippen LogP contribution in [0.25, 0.3) is 10.9 Å². The molecule has 0 fully saturated rings. The van der Waals surface area contributed by atoms with E-state index in [1.165, 1.54) is 6.92 Å². The third-order valence-electron chi connectivity index (χ3n) is 4.72. The second kappa shape index (κ2) is 11.9. The molecule has 1 heterocycles. The fourth-order valence-electron chi connectivity index (χ4n) is 3.12. The molecule has 35 heavy (non-hydrogen) atoms. The van der Waals surface area contributed by atoms with Crippen molar-refractivity contribution >= 4 is 40.7 Å². The number of H-pyrrole nitrogens is 1. The highest BCUT2D eigenvalue weighted by molar-refractivity contribution is 5.93. The van der Waals surface area contributed by atoms with Gasteiger partial charge in [0, 0.05) is 23.5 Å². The van der Waals surface area contributed by atoms with E-state index in [-0.39, 0.29) is 6.42 Å². The zero-order valence-corrected chi connectivity index (χ0v) is 20.1. The number of aromatic nitrogens is 1. The van der Waals surface area contributed by atoms with Crippen molar-refractivity contribution in [3.63, 3.8) is 0 Å². The molecule has 0 unspecified atom stereocenters. The number of carboxylic acids is 1. The summed E-state index contributed by atoms with van der Waals surface area (Å²) >= 11 is 0. The minimum absolute atomic E-state index is 0.126. The molecule has 2 rings (SSSR count). The van der Waals surface area contributed by atoms with Crippen LogP contribution in [0.5, 0.6) is 0 Å². The van der Waals surface area contributed by atoms with Crippen LogP contribution >= 0.6 is 0 Å². The number of para-hydroxylation sites is 1. The van der Waals surface area contributed by atoms with Crippen LogP contribution < -0.4 is 21.3 Å². The van der Waals surface area contributed by atoms with Gasteiger partial charge >= 0.3 is 12.1 Å². The van der Waals surface area contributed by atoms with Crippen LogP contribution in [-0.4, -0.2) is 70.6 Å². The summed E-state index contributed by atoms with van der Waals surface area (Å²) in [4.78, 5) is 62.9. The molecule has 2 aromatic rings. The Morgan fingerprint density at radius 2 is 1.69 bits per heavy atom. The number of aromatic amines is 1. The van der Waals surface area contributed by atoms with Gasteiger partial charge in [0.1, 0.15) is 24.2 Å². The van der Waals surface area contributed by atoms with E-state index in [2.05, 4.69) is 26.3 Å². The number of rotatable bonds is 10. The molecule has 12 nitrogen and oxygen atoms in total. The molecule has 0 spiro atoms. The first-order chi connectivity index (χ1) is 16.4. The topological polar surface area (TPSA) is 179 Å². The molecule has 0 bridgehead atoms. The predicted octanol–water partition coefficient (Wildman–Crippen LogP) is 0.425. The molecule has 1 aromatic carbocycles. The van der Waals surface area contributed by atoms with Crippen LogP contribution in [0.1, 0.15) is 33.3 Å². The number of ether oxygens (including phenoxy) is 1. The van der Waals surface area contributed by atoms with E-state index in [9.17, 15) is 24.0 Å². The molecule has 6 N–H and O–H groups in total. The number of carboxylic acid groups (broad SMARTS) is 1. The molecule has 1 aromatic heterocycles. The van der Waals surface area contributed by atoms with Gasteiger partial charge in [-0.2, -0.15) is 0 Å². The van der Waals surface area contributed by atoms with Crippen LogP contribution in [-0.2, 0) is 30.3 Å².